The first-order valence-electron chi connectivity index (χ1n) is 7.50. The molecule has 0 saturated carbocycles. The molecule has 0 unspecified atom stereocenters. The summed E-state index contributed by atoms with van der Waals surface area (Å²) in [7, 11) is 0. The van der Waals surface area contributed by atoms with Gasteiger partial charge in [-0.2, -0.15) is 0 Å². The van der Waals surface area contributed by atoms with Gasteiger partial charge in [0.15, 0.2) is 0 Å². The van der Waals surface area contributed by atoms with E-state index in [9.17, 15) is 0 Å². The summed E-state index contributed by atoms with van der Waals surface area (Å²) in [5.41, 5.74) is 3.57. The number of hydrogen-bond acceptors (Lipinski definition) is 3. The number of aryl methyl sites for hydroxylation is 1. The SMILES string of the molecule is CCc1cccc2cc(C/C=C/CO)n(-c3ncccn3)c12. The van der Waals surface area contributed by atoms with Crippen LogP contribution in [0.5, 0.6) is 0 Å². The van der Waals surface area contributed by atoms with Crippen molar-refractivity contribution in [1.29, 1.82) is 0 Å². The van der Waals surface area contributed by atoms with Gasteiger partial charge in [0, 0.05) is 29.9 Å². The number of aliphatic hydroxyl groups is 1. The van der Waals surface area contributed by atoms with Crippen molar-refractivity contribution in [1.82, 2.24) is 14.5 Å². The second kappa shape index (κ2) is 6.54. The highest BCUT2D eigenvalue weighted by Crippen LogP contribution is 2.26. The number of aliphatic hydroxyl groups excluding tert-OH is 1. The molecule has 22 heavy (non-hydrogen) atoms. The van der Waals surface area contributed by atoms with Crippen molar-refractivity contribution < 1.29 is 5.11 Å². The number of fused-ring (bicyclic) bond motifs is 1. The summed E-state index contributed by atoms with van der Waals surface area (Å²) in [4.78, 5) is 8.83. The van der Waals surface area contributed by atoms with Crippen molar-refractivity contribution in [3.8, 4) is 5.95 Å². The van der Waals surface area contributed by atoms with Crippen molar-refractivity contribution in [2.45, 2.75) is 19.8 Å². The van der Waals surface area contributed by atoms with E-state index in [1.54, 1.807) is 18.5 Å². The molecule has 112 valence electrons. The molecule has 4 nitrogen and oxygen atoms in total. The summed E-state index contributed by atoms with van der Waals surface area (Å²) in [5.74, 6) is 0.686. The van der Waals surface area contributed by atoms with Crippen molar-refractivity contribution in [3.05, 3.63) is 66.1 Å². The lowest BCUT2D eigenvalue weighted by molar-refractivity contribution is 0.342. The Bertz CT molecular complexity index is 791. The van der Waals surface area contributed by atoms with Crippen LogP contribution < -0.4 is 0 Å². The number of allylic oxidation sites excluding steroid dienone is 1. The molecule has 0 amide bonds. The molecule has 1 N–H and O–H groups in total. The van der Waals surface area contributed by atoms with Gasteiger partial charge in [-0.05, 0) is 24.1 Å². The Hall–Kier alpha value is -2.46. The Balaban J connectivity index is 2.24. The van der Waals surface area contributed by atoms with Crippen molar-refractivity contribution in [2.75, 3.05) is 6.61 Å². The molecule has 2 aromatic heterocycles. The average molecular weight is 293 g/mol. The van der Waals surface area contributed by atoms with E-state index in [1.165, 1.54) is 16.5 Å². The molecule has 0 radical (unpaired) electrons. The van der Waals surface area contributed by atoms with E-state index >= 15 is 0 Å². The normalized spacial score (nSPS) is 11.5. The van der Waals surface area contributed by atoms with Crippen molar-refractivity contribution in [2.24, 2.45) is 0 Å². The largest absolute Gasteiger partial charge is 0.392 e. The fourth-order valence-corrected chi connectivity index (χ4v) is 2.74. The molecule has 1 aromatic carbocycles. The Kier molecular flexibility index (Phi) is 4.30. The molecular weight excluding hydrogens is 274 g/mol. The monoisotopic (exact) mass is 293 g/mol. The van der Waals surface area contributed by atoms with Crippen LogP contribution >= 0.6 is 0 Å². The van der Waals surface area contributed by atoms with Crippen LogP contribution in [0.3, 0.4) is 0 Å². The topological polar surface area (TPSA) is 50.9 Å². The fourth-order valence-electron chi connectivity index (χ4n) is 2.74. The van der Waals surface area contributed by atoms with Crippen LogP contribution in [-0.2, 0) is 12.8 Å². The third kappa shape index (κ3) is 2.65. The van der Waals surface area contributed by atoms with Crippen LogP contribution in [0.15, 0.2) is 54.9 Å². The van der Waals surface area contributed by atoms with Gasteiger partial charge >= 0.3 is 0 Å². The lowest BCUT2D eigenvalue weighted by Gasteiger charge is -2.10. The van der Waals surface area contributed by atoms with Crippen LogP contribution in [0, 0.1) is 0 Å². The lowest BCUT2D eigenvalue weighted by Crippen LogP contribution is -2.05. The van der Waals surface area contributed by atoms with Crippen molar-refractivity contribution >= 4 is 10.9 Å². The molecule has 2 heterocycles. The van der Waals surface area contributed by atoms with Crippen LogP contribution in [0.4, 0.5) is 0 Å². The van der Waals surface area contributed by atoms with E-state index in [4.69, 9.17) is 5.11 Å². The smallest absolute Gasteiger partial charge is 0.234 e. The molecule has 0 atom stereocenters. The minimum Gasteiger partial charge on any atom is -0.392 e. The predicted octanol–water partition coefficient (Wildman–Crippen LogP) is 3.07. The molecule has 4 heteroatoms. The van der Waals surface area contributed by atoms with Gasteiger partial charge in [0.05, 0.1) is 12.1 Å². The quantitative estimate of drug-likeness (QED) is 0.736. The Morgan fingerprint density at radius 1 is 1.14 bits per heavy atom. The summed E-state index contributed by atoms with van der Waals surface area (Å²) in [6.45, 7) is 2.21. The average Bonchev–Trinajstić information content (AvgIpc) is 2.94. The van der Waals surface area contributed by atoms with Gasteiger partial charge in [0.2, 0.25) is 5.95 Å². The molecule has 0 saturated heterocycles. The highest BCUT2D eigenvalue weighted by atomic mass is 16.2. The number of para-hydroxylation sites is 1. The second-order valence-corrected chi connectivity index (χ2v) is 5.09. The number of benzene rings is 1. The maximum atomic E-state index is 8.93. The highest BCUT2D eigenvalue weighted by molar-refractivity contribution is 5.86. The fraction of sp³-hybridized carbons (Fsp3) is 0.222. The molecule has 0 fully saturated rings. The third-order valence-electron chi connectivity index (χ3n) is 3.72. The van der Waals surface area contributed by atoms with Gasteiger partial charge in [0.1, 0.15) is 0 Å². The zero-order valence-corrected chi connectivity index (χ0v) is 12.6. The summed E-state index contributed by atoms with van der Waals surface area (Å²) < 4.78 is 2.12. The number of aromatic nitrogens is 3. The van der Waals surface area contributed by atoms with Gasteiger partial charge in [-0.1, -0.05) is 37.3 Å². The molecule has 3 rings (SSSR count). The van der Waals surface area contributed by atoms with E-state index in [2.05, 4.69) is 45.7 Å². The van der Waals surface area contributed by atoms with E-state index in [0.717, 1.165) is 18.5 Å². The van der Waals surface area contributed by atoms with E-state index in [-0.39, 0.29) is 6.61 Å². The van der Waals surface area contributed by atoms with E-state index in [0.29, 0.717) is 5.95 Å². The van der Waals surface area contributed by atoms with Gasteiger partial charge in [-0.3, -0.25) is 4.57 Å². The molecule has 0 bridgehead atoms. The van der Waals surface area contributed by atoms with Gasteiger partial charge in [0.25, 0.3) is 0 Å². The molecular formula is C18H19N3O. The minimum absolute atomic E-state index is 0.0578. The van der Waals surface area contributed by atoms with E-state index in [1.807, 2.05) is 12.1 Å². The molecule has 0 aliphatic carbocycles. The standard InChI is InChI=1S/C18H19N3O/c1-2-14-7-5-8-15-13-16(9-3-4-12-22)21(17(14)15)18-19-10-6-11-20-18/h3-8,10-11,13,22H,2,9,12H2,1H3/b4-3+. The first-order chi connectivity index (χ1) is 10.8. The van der Waals surface area contributed by atoms with Crippen molar-refractivity contribution in [3.63, 3.8) is 0 Å². The Morgan fingerprint density at radius 2 is 1.95 bits per heavy atom. The number of nitrogens with zero attached hydrogens (tertiary/aromatic N) is 3. The van der Waals surface area contributed by atoms with Crippen LogP contribution in [0.1, 0.15) is 18.2 Å². The molecule has 3 aromatic rings. The zero-order chi connectivity index (χ0) is 15.4. The Labute approximate surface area is 129 Å². The summed E-state index contributed by atoms with van der Waals surface area (Å²) in [6.07, 6.45) is 8.94. The Morgan fingerprint density at radius 3 is 2.68 bits per heavy atom. The first kappa shape index (κ1) is 14.5. The predicted molar refractivity (Wildman–Crippen MR) is 88.2 cm³/mol. The maximum Gasteiger partial charge on any atom is 0.234 e. The molecule has 0 spiro atoms. The van der Waals surface area contributed by atoms with Crippen LogP contribution in [-0.4, -0.2) is 26.2 Å². The van der Waals surface area contributed by atoms with E-state index < -0.39 is 0 Å². The number of hydrogen-bond donors (Lipinski definition) is 1. The maximum absolute atomic E-state index is 8.93. The van der Waals surface area contributed by atoms with Gasteiger partial charge < -0.3 is 5.11 Å². The van der Waals surface area contributed by atoms with Gasteiger partial charge in [-0.25, -0.2) is 9.97 Å². The van der Waals surface area contributed by atoms with Crippen LogP contribution in [0.25, 0.3) is 16.9 Å². The second-order valence-electron chi connectivity index (χ2n) is 5.09. The summed E-state index contributed by atoms with van der Waals surface area (Å²) in [6, 6.07) is 10.3. The lowest BCUT2D eigenvalue weighted by atomic mass is 10.1. The minimum atomic E-state index is 0.0578. The highest BCUT2D eigenvalue weighted by Gasteiger charge is 2.13. The molecule has 0 aliphatic heterocycles. The third-order valence-corrected chi connectivity index (χ3v) is 3.72. The zero-order valence-electron chi connectivity index (χ0n) is 12.6. The summed E-state index contributed by atoms with van der Waals surface area (Å²) >= 11 is 0. The van der Waals surface area contributed by atoms with Crippen LogP contribution in [0.2, 0.25) is 0 Å². The van der Waals surface area contributed by atoms with Gasteiger partial charge in [-0.15, -0.1) is 0 Å². The molecule has 0 aliphatic rings. The number of rotatable bonds is 5. The first-order valence-corrected chi connectivity index (χ1v) is 7.50. The summed E-state index contributed by atoms with van der Waals surface area (Å²) in [5, 5.41) is 10.1.